The molecule has 0 saturated heterocycles. The van der Waals surface area contributed by atoms with Crippen LogP contribution in [0.25, 0.3) is 0 Å². The van der Waals surface area contributed by atoms with Crippen molar-refractivity contribution in [1.82, 2.24) is 5.43 Å². The van der Waals surface area contributed by atoms with Crippen LogP contribution >= 0.6 is 23.2 Å². The minimum atomic E-state index is -3.85. The zero-order valence-corrected chi connectivity index (χ0v) is 19.5. The highest BCUT2D eigenvalue weighted by Crippen LogP contribution is 2.30. The molecule has 0 aliphatic rings. The lowest BCUT2D eigenvalue weighted by Crippen LogP contribution is -2.39. The highest BCUT2D eigenvalue weighted by atomic mass is 35.5. The van der Waals surface area contributed by atoms with Gasteiger partial charge in [-0.2, -0.15) is 5.10 Å². The topological polar surface area (TPSA) is 124 Å². The highest BCUT2D eigenvalue weighted by molar-refractivity contribution is 7.92. The minimum Gasteiger partial charge on any atom is -0.493 e. The fraction of sp³-hybridized carbons (Fsp3) is 0.211. The summed E-state index contributed by atoms with van der Waals surface area (Å²) in [5, 5.41) is 4.16. The number of anilines is 1. The SMILES string of the molecule is COC(=O)Oc1ccc(/C=N\NC(=O)CN(c2cc(Cl)ccc2Cl)S(C)(=O)=O)cc1OC. The van der Waals surface area contributed by atoms with Gasteiger partial charge in [0.1, 0.15) is 6.54 Å². The third kappa shape index (κ3) is 7.01. The maximum absolute atomic E-state index is 12.3. The van der Waals surface area contributed by atoms with E-state index < -0.39 is 28.6 Å². The van der Waals surface area contributed by atoms with Crippen LogP contribution in [0.3, 0.4) is 0 Å². The maximum Gasteiger partial charge on any atom is 0.513 e. The highest BCUT2D eigenvalue weighted by Gasteiger charge is 2.23. The third-order valence-corrected chi connectivity index (χ3v) is 5.50. The number of benzene rings is 2. The first-order valence-corrected chi connectivity index (χ1v) is 11.3. The number of hydrogen-bond acceptors (Lipinski definition) is 8. The Morgan fingerprint density at radius 3 is 2.47 bits per heavy atom. The number of methoxy groups -OCH3 is 2. The molecule has 2 rings (SSSR count). The number of carbonyl (C=O) groups is 2. The summed E-state index contributed by atoms with van der Waals surface area (Å²) >= 11 is 12.0. The fourth-order valence-corrected chi connectivity index (χ4v) is 3.68. The number of rotatable bonds is 8. The van der Waals surface area contributed by atoms with Crippen LogP contribution < -0.4 is 19.2 Å². The number of halogens is 2. The summed E-state index contributed by atoms with van der Waals surface area (Å²) in [5.74, 6) is -0.368. The Labute approximate surface area is 194 Å². The Bertz CT molecular complexity index is 1140. The molecule has 1 N–H and O–H groups in total. The molecular formula is C19H19Cl2N3O7S. The Hall–Kier alpha value is -3.02. The number of sulfonamides is 1. The van der Waals surface area contributed by atoms with Crippen molar-refractivity contribution in [3.8, 4) is 11.5 Å². The Morgan fingerprint density at radius 2 is 1.84 bits per heavy atom. The molecule has 0 radical (unpaired) electrons. The van der Waals surface area contributed by atoms with Gasteiger partial charge in [0.15, 0.2) is 11.5 Å². The van der Waals surface area contributed by atoms with Gasteiger partial charge in [0, 0.05) is 5.02 Å². The van der Waals surface area contributed by atoms with Crippen molar-refractivity contribution in [3.05, 3.63) is 52.0 Å². The lowest BCUT2D eigenvalue weighted by molar-refractivity contribution is -0.119. The molecule has 0 fully saturated rings. The van der Waals surface area contributed by atoms with Crippen LogP contribution in [0.4, 0.5) is 10.5 Å². The van der Waals surface area contributed by atoms with E-state index in [1.165, 1.54) is 50.8 Å². The minimum absolute atomic E-state index is 0.0618. The molecule has 32 heavy (non-hydrogen) atoms. The Balaban J connectivity index is 2.12. The molecule has 172 valence electrons. The molecule has 0 spiro atoms. The molecule has 0 aromatic heterocycles. The molecular weight excluding hydrogens is 485 g/mol. The van der Waals surface area contributed by atoms with Crippen LogP contribution in [-0.2, 0) is 19.6 Å². The summed E-state index contributed by atoms with van der Waals surface area (Å²) in [4.78, 5) is 23.5. The molecule has 0 saturated carbocycles. The van der Waals surface area contributed by atoms with Crippen LogP contribution in [-0.4, -0.2) is 53.7 Å². The van der Waals surface area contributed by atoms with Crippen molar-refractivity contribution in [3.63, 3.8) is 0 Å². The van der Waals surface area contributed by atoms with E-state index >= 15 is 0 Å². The molecule has 0 atom stereocenters. The van der Waals surface area contributed by atoms with E-state index in [0.29, 0.717) is 5.56 Å². The lowest BCUT2D eigenvalue weighted by Gasteiger charge is -2.22. The van der Waals surface area contributed by atoms with E-state index in [4.69, 9.17) is 32.7 Å². The summed E-state index contributed by atoms with van der Waals surface area (Å²) in [6.07, 6.45) is 1.32. The predicted octanol–water partition coefficient (Wildman–Crippen LogP) is 3.06. The van der Waals surface area contributed by atoms with Gasteiger partial charge in [-0.1, -0.05) is 23.2 Å². The summed E-state index contributed by atoms with van der Waals surface area (Å²) in [6, 6.07) is 8.76. The van der Waals surface area contributed by atoms with Crippen LogP contribution in [0.15, 0.2) is 41.5 Å². The van der Waals surface area contributed by atoms with E-state index in [2.05, 4.69) is 15.3 Å². The van der Waals surface area contributed by atoms with Crippen LogP contribution in [0, 0.1) is 0 Å². The van der Waals surface area contributed by atoms with Gasteiger partial charge in [0.25, 0.3) is 5.91 Å². The number of ether oxygens (including phenoxy) is 3. The molecule has 0 aliphatic carbocycles. The molecule has 0 unspecified atom stereocenters. The van der Waals surface area contributed by atoms with E-state index in [1.54, 1.807) is 6.07 Å². The largest absolute Gasteiger partial charge is 0.513 e. The molecule has 0 heterocycles. The van der Waals surface area contributed by atoms with E-state index in [1.807, 2.05) is 0 Å². The molecule has 0 bridgehead atoms. The van der Waals surface area contributed by atoms with Crippen LogP contribution in [0.2, 0.25) is 10.0 Å². The van der Waals surface area contributed by atoms with Crippen molar-refractivity contribution in [2.24, 2.45) is 5.10 Å². The van der Waals surface area contributed by atoms with Crippen molar-refractivity contribution >= 4 is 57.2 Å². The molecule has 1 amide bonds. The van der Waals surface area contributed by atoms with E-state index in [9.17, 15) is 18.0 Å². The van der Waals surface area contributed by atoms with E-state index in [-0.39, 0.29) is 27.2 Å². The maximum atomic E-state index is 12.3. The van der Waals surface area contributed by atoms with Crippen molar-refractivity contribution < 1.29 is 32.2 Å². The zero-order chi connectivity index (χ0) is 23.9. The quantitative estimate of drug-likeness (QED) is 0.254. The smallest absolute Gasteiger partial charge is 0.493 e. The standard InChI is InChI=1S/C19H19Cl2N3O7S/c1-29-17-8-12(4-7-16(17)31-19(26)30-2)10-22-23-18(25)11-24(32(3,27)28)15-9-13(20)5-6-14(15)21/h4-10H,11H2,1-3H3,(H,23,25)/b22-10-. The average molecular weight is 504 g/mol. The number of nitrogens with one attached hydrogen (secondary N) is 1. The number of hydrogen-bond donors (Lipinski definition) is 1. The van der Waals surface area contributed by atoms with E-state index in [0.717, 1.165) is 10.6 Å². The number of amides is 1. The van der Waals surface area contributed by atoms with Crippen LogP contribution in [0.1, 0.15) is 5.56 Å². The van der Waals surface area contributed by atoms with Crippen molar-refractivity contribution in [1.29, 1.82) is 0 Å². The normalized spacial score (nSPS) is 11.2. The number of carbonyl (C=O) groups excluding carboxylic acids is 2. The lowest BCUT2D eigenvalue weighted by atomic mass is 10.2. The van der Waals surface area contributed by atoms with Crippen molar-refractivity contribution in [2.75, 3.05) is 31.3 Å². The van der Waals surface area contributed by atoms with Gasteiger partial charge >= 0.3 is 6.16 Å². The summed E-state index contributed by atoms with van der Waals surface area (Å²) in [6.45, 7) is -0.578. The van der Waals surface area contributed by atoms with Gasteiger partial charge < -0.3 is 14.2 Å². The first kappa shape index (κ1) is 25.2. The third-order valence-electron chi connectivity index (χ3n) is 3.81. The summed E-state index contributed by atoms with van der Waals surface area (Å²) < 4.78 is 39.7. The molecule has 2 aromatic rings. The molecule has 10 nitrogen and oxygen atoms in total. The number of nitrogens with zero attached hydrogens (tertiary/aromatic N) is 2. The number of hydrazone groups is 1. The second kappa shape index (κ2) is 11.0. The molecule has 13 heteroatoms. The second-order valence-corrected chi connectivity index (χ2v) is 8.88. The Morgan fingerprint density at radius 1 is 1.12 bits per heavy atom. The van der Waals surface area contributed by atoms with Gasteiger partial charge in [-0.25, -0.2) is 18.6 Å². The second-order valence-electron chi connectivity index (χ2n) is 6.13. The molecule has 2 aromatic carbocycles. The van der Waals surface area contributed by atoms with Crippen molar-refractivity contribution in [2.45, 2.75) is 0 Å². The van der Waals surface area contributed by atoms with Gasteiger partial charge in [-0.15, -0.1) is 0 Å². The average Bonchev–Trinajstić information content (AvgIpc) is 2.73. The van der Waals surface area contributed by atoms with Gasteiger partial charge in [0.2, 0.25) is 10.0 Å². The Kier molecular flexibility index (Phi) is 8.70. The first-order valence-electron chi connectivity index (χ1n) is 8.73. The van der Waals surface area contributed by atoms with Gasteiger partial charge in [0.05, 0.1) is 37.4 Å². The zero-order valence-electron chi connectivity index (χ0n) is 17.2. The van der Waals surface area contributed by atoms with Gasteiger partial charge in [-0.05, 0) is 42.0 Å². The van der Waals surface area contributed by atoms with Crippen LogP contribution in [0.5, 0.6) is 11.5 Å². The predicted molar refractivity (Wildman–Crippen MR) is 120 cm³/mol. The van der Waals surface area contributed by atoms with Gasteiger partial charge in [-0.3, -0.25) is 9.10 Å². The summed E-state index contributed by atoms with van der Waals surface area (Å²) in [7, 11) is -1.30. The fourth-order valence-electron chi connectivity index (χ4n) is 2.38. The summed E-state index contributed by atoms with van der Waals surface area (Å²) in [5.41, 5.74) is 2.79. The molecule has 0 aliphatic heterocycles. The monoisotopic (exact) mass is 503 g/mol. The first-order chi connectivity index (χ1) is 15.0.